The number of likely N-dealkylation sites (N-methyl/N-ethyl adjacent to an activating group) is 1. The molecule has 1 fully saturated rings. The molecule has 0 saturated carbocycles. The van der Waals surface area contributed by atoms with E-state index in [-0.39, 0.29) is 19.2 Å². The molecule has 0 aliphatic carbocycles. The molecule has 8 nitrogen and oxygen atoms in total. The number of aromatic amines is 1. The maximum Gasteiger partial charge on any atom is 0.355 e. The highest BCUT2D eigenvalue weighted by Crippen LogP contribution is 2.16. The van der Waals surface area contributed by atoms with Crippen molar-refractivity contribution < 1.29 is 23.5 Å². The third-order valence-corrected chi connectivity index (χ3v) is 4.49. The van der Waals surface area contributed by atoms with Crippen LogP contribution in [0.25, 0.3) is 11.1 Å². The summed E-state index contributed by atoms with van der Waals surface area (Å²) in [6.07, 6.45) is 2.71. The van der Waals surface area contributed by atoms with Crippen molar-refractivity contribution >= 4 is 23.0 Å². The van der Waals surface area contributed by atoms with Crippen LogP contribution in [-0.4, -0.2) is 79.7 Å². The van der Waals surface area contributed by atoms with Gasteiger partial charge in [0.05, 0.1) is 11.8 Å². The van der Waals surface area contributed by atoms with E-state index >= 15 is 0 Å². The normalized spacial score (nSPS) is 16.0. The van der Waals surface area contributed by atoms with Crippen LogP contribution in [0.2, 0.25) is 0 Å². The number of fused-ring (bicyclic) bond motifs is 1. The summed E-state index contributed by atoms with van der Waals surface area (Å²) in [5.74, 6) is -0.755. The highest BCUT2D eigenvalue weighted by atomic mass is 16.6. The summed E-state index contributed by atoms with van der Waals surface area (Å²) in [6, 6.07) is 3.32. The number of furan rings is 1. The zero-order valence-corrected chi connectivity index (χ0v) is 15.0. The number of nitrogens with one attached hydrogen (secondary N) is 1. The van der Waals surface area contributed by atoms with Gasteiger partial charge in [-0.25, -0.2) is 4.79 Å². The van der Waals surface area contributed by atoms with Crippen molar-refractivity contribution in [2.24, 2.45) is 0 Å². The van der Waals surface area contributed by atoms with Crippen molar-refractivity contribution in [2.45, 2.75) is 12.8 Å². The average molecular weight is 363 g/mol. The van der Waals surface area contributed by atoms with Crippen molar-refractivity contribution in [3.8, 4) is 0 Å². The van der Waals surface area contributed by atoms with Gasteiger partial charge in [0, 0.05) is 44.7 Å². The van der Waals surface area contributed by atoms with E-state index in [0.29, 0.717) is 17.7 Å². The lowest BCUT2D eigenvalue weighted by Crippen LogP contribution is -2.44. The van der Waals surface area contributed by atoms with Crippen molar-refractivity contribution in [2.75, 3.05) is 53.0 Å². The number of hydrogen-bond donors (Lipinski definition) is 1. The van der Waals surface area contributed by atoms with Gasteiger partial charge in [0.15, 0.2) is 5.58 Å². The fourth-order valence-electron chi connectivity index (χ4n) is 2.92. The summed E-state index contributed by atoms with van der Waals surface area (Å²) in [5, 5.41) is 0. The molecule has 0 amide bonds. The number of aromatic nitrogens is 1. The van der Waals surface area contributed by atoms with Crippen LogP contribution in [-0.2, 0) is 14.3 Å². The lowest BCUT2D eigenvalue weighted by molar-refractivity contribution is -0.144. The monoisotopic (exact) mass is 363 g/mol. The third-order valence-electron chi connectivity index (χ3n) is 4.49. The van der Waals surface area contributed by atoms with E-state index in [2.05, 4.69) is 21.8 Å². The zero-order valence-electron chi connectivity index (χ0n) is 15.0. The Hall–Kier alpha value is -2.32. The van der Waals surface area contributed by atoms with Crippen LogP contribution in [0.5, 0.6) is 0 Å². The van der Waals surface area contributed by atoms with Gasteiger partial charge in [-0.15, -0.1) is 0 Å². The van der Waals surface area contributed by atoms with Crippen LogP contribution < -0.4 is 0 Å². The molecule has 0 unspecified atom stereocenters. The van der Waals surface area contributed by atoms with Crippen LogP contribution in [0.4, 0.5) is 0 Å². The first-order valence-corrected chi connectivity index (χ1v) is 8.91. The molecule has 1 aliphatic rings. The lowest BCUT2D eigenvalue weighted by Gasteiger charge is -2.32. The number of rotatable bonds is 8. The molecule has 1 N–H and O–H groups in total. The van der Waals surface area contributed by atoms with Crippen LogP contribution in [0.15, 0.2) is 22.8 Å². The summed E-state index contributed by atoms with van der Waals surface area (Å²) in [7, 11) is 2.12. The Balaban J connectivity index is 1.25. The number of hydrogen-bond acceptors (Lipinski definition) is 7. The van der Waals surface area contributed by atoms with Crippen LogP contribution >= 0.6 is 0 Å². The van der Waals surface area contributed by atoms with Gasteiger partial charge in [-0.1, -0.05) is 0 Å². The summed E-state index contributed by atoms with van der Waals surface area (Å²) >= 11 is 0. The molecule has 142 valence electrons. The van der Waals surface area contributed by atoms with Gasteiger partial charge in [0.2, 0.25) is 0 Å². The van der Waals surface area contributed by atoms with E-state index in [1.165, 1.54) is 0 Å². The number of nitrogens with zero attached hydrogens (tertiary/aromatic N) is 2. The second kappa shape index (κ2) is 8.86. The van der Waals surface area contributed by atoms with E-state index in [1.54, 1.807) is 18.4 Å². The maximum absolute atomic E-state index is 11.9. The molecule has 2 aromatic rings. The molecule has 8 heteroatoms. The molecule has 3 heterocycles. The van der Waals surface area contributed by atoms with Gasteiger partial charge >= 0.3 is 11.9 Å². The minimum Gasteiger partial charge on any atom is -0.463 e. The molecule has 1 saturated heterocycles. The van der Waals surface area contributed by atoms with Crippen LogP contribution in [0, 0.1) is 0 Å². The highest BCUT2D eigenvalue weighted by Gasteiger charge is 2.15. The molecule has 1 aliphatic heterocycles. The average Bonchev–Trinajstić information content (AvgIpc) is 3.22. The van der Waals surface area contributed by atoms with E-state index in [9.17, 15) is 9.59 Å². The molecule has 0 bridgehead atoms. The minimum atomic E-state index is -0.498. The fourth-order valence-corrected chi connectivity index (χ4v) is 2.92. The van der Waals surface area contributed by atoms with Crippen molar-refractivity contribution in [1.29, 1.82) is 0 Å². The topological polar surface area (TPSA) is 88.0 Å². The first-order chi connectivity index (χ1) is 12.6. The molecule has 26 heavy (non-hydrogen) atoms. The molecule has 3 rings (SSSR count). The van der Waals surface area contributed by atoms with Gasteiger partial charge in [0.25, 0.3) is 0 Å². The van der Waals surface area contributed by atoms with Crippen molar-refractivity contribution in [3.05, 3.63) is 24.1 Å². The zero-order chi connectivity index (χ0) is 18.4. The second-order valence-electron chi connectivity index (χ2n) is 6.49. The SMILES string of the molecule is CN1CCN(CCCC(=O)OCCOC(=O)c2cc3occc3[nH]2)CC1. The molecule has 0 radical (unpaired) electrons. The van der Waals surface area contributed by atoms with Gasteiger partial charge in [0.1, 0.15) is 18.9 Å². The fraction of sp³-hybridized carbons (Fsp3) is 0.556. The minimum absolute atomic E-state index is 0.0312. The van der Waals surface area contributed by atoms with E-state index in [0.717, 1.165) is 44.7 Å². The van der Waals surface area contributed by atoms with Crippen molar-refractivity contribution in [3.63, 3.8) is 0 Å². The first kappa shape index (κ1) is 18.5. The van der Waals surface area contributed by atoms with Crippen LogP contribution in [0.1, 0.15) is 23.3 Å². The summed E-state index contributed by atoms with van der Waals surface area (Å²) < 4.78 is 15.4. The summed E-state index contributed by atoms with van der Waals surface area (Å²) in [6.45, 7) is 5.24. The van der Waals surface area contributed by atoms with Gasteiger partial charge in [-0.3, -0.25) is 4.79 Å². The molecule has 0 atom stereocenters. The summed E-state index contributed by atoms with van der Waals surface area (Å²) in [4.78, 5) is 31.2. The Bertz CT molecular complexity index is 702. The smallest absolute Gasteiger partial charge is 0.355 e. The third kappa shape index (κ3) is 5.09. The quantitative estimate of drug-likeness (QED) is 0.561. The van der Waals surface area contributed by atoms with E-state index in [4.69, 9.17) is 13.9 Å². The predicted octanol–water partition coefficient (Wildman–Crippen LogP) is 1.49. The Kier molecular flexibility index (Phi) is 6.30. The molecule has 0 aromatic carbocycles. The second-order valence-corrected chi connectivity index (χ2v) is 6.49. The Morgan fingerprint density at radius 2 is 1.96 bits per heavy atom. The molecule has 0 spiro atoms. The predicted molar refractivity (Wildman–Crippen MR) is 95.0 cm³/mol. The lowest BCUT2D eigenvalue weighted by atomic mass is 10.2. The number of H-pyrrole nitrogens is 1. The number of ether oxygens (including phenoxy) is 2. The van der Waals surface area contributed by atoms with Gasteiger partial charge < -0.3 is 28.7 Å². The van der Waals surface area contributed by atoms with Gasteiger partial charge in [-0.05, 0) is 20.0 Å². The van der Waals surface area contributed by atoms with E-state index in [1.807, 2.05) is 0 Å². The Morgan fingerprint density at radius 3 is 2.73 bits per heavy atom. The summed E-state index contributed by atoms with van der Waals surface area (Å²) in [5.41, 5.74) is 1.66. The van der Waals surface area contributed by atoms with Crippen molar-refractivity contribution in [1.82, 2.24) is 14.8 Å². The van der Waals surface area contributed by atoms with E-state index < -0.39 is 5.97 Å². The standard InChI is InChI=1S/C18H25N3O5/c1-20-6-8-21(9-7-20)5-2-3-17(22)25-11-12-26-18(23)15-13-16-14(19-15)4-10-24-16/h4,10,13,19H,2-3,5-9,11-12H2,1H3. The number of piperazine rings is 1. The maximum atomic E-state index is 11.9. The van der Waals surface area contributed by atoms with Gasteiger partial charge in [-0.2, -0.15) is 0 Å². The van der Waals surface area contributed by atoms with Crippen LogP contribution in [0.3, 0.4) is 0 Å². The highest BCUT2D eigenvalue weighted by molar-refractivity contribution is 5.93. The molecular weight excluding hydrogens is 338 g/mol. The number of esters is 2. The largest absolute Gasteiger partial charge is 0.463 e. The Morgan fingerprint density at radius 1 is 1.19 bits per heavy atom. The molecule has 2 aromatic heterocycles. The number of carbonyl (C=O) groups is 2. The number of carbonyl (C=O) groups excluding carboxylic acids is 2. The molecular formula is C18H25N3O5. The Labute approximate surface area is 152 Å². The first-order valence-electron chi connectivity index (χ1n) is 8.91.